The Balaban J connectivity index is 1.82. The van der Waals surface area contributed by atoms with E-state index in [2.05, 4.69) is 10.3 Å². The molecule has 1 atom stereocenters. The lowest BCUT2D eigenvalue weighted by molar-refractivity contribution is 0.0778. The first-order chi connectivity index (χ1) is 13.8. The molecule has 1 aliphatic heterocycles. The van der Waals surface area contributed by atoms with Crippen molar-refractivity contribution in [1.29, 1.82) is 0 Å². The molecular weight excluding hydrogens is 382 g/mol. The first-order valence-electron chi connectivity index (χ1n) is 9.05. The van der Waals surface area contributed by atoms with Crippen molar-refractivity contribution >= 4 is 17.5 Å². The Bertz CT molecular complexity index is 936. The van der Waals surface area contributed by atoms with Crippen molar-refractivity contribution < 1.29 is 23.1 Å². The van der Waals surface area contributed by atoms with Crippen molar-refractivity contribution in [3.8, 4) is 5.75 Å². The van der Waals surface area contributed by atoms with Crippen LogP contribution in [0.3, 0.4) is 0 Å². The van der Waals surface area contributed by atoms with E-state index in [0.717, 1.165) is 12.5 Å². The highest BCUT2D eigenvalue weighted by atomic mass is 19.1. The minimum absolute atomic E-state index is 0.134. The van der Waals surface area contributed by atoms with E-state index in [-0.39, 0.29) is 22.9 Å². The molecule has 0 aliphatic carbocycles. The predicted octanol–water partition coefficient (Wildman–Crippen LogP) is 2.40. The molecule has 1 fully saturated rings. The molecule has 0 saturated carbocycles. The molecule has 1 aliphatic rings. The molecule has 9 heteroatoms. The van der Waals surface area contributed by atoms with Crippen LogP contribution < -0.4 is 10.1 Å². The van der Waals surface area contributed by atoms with Gasteiger partial charge in [-0.25, -0.2) is 8.78 Å². The van der Waals surface area contributed by atoms with Gasteiger partial charge in [0.2, 0.25) is 0 Å². The van der Waals surface area contributed by atoms with Gasteiger partial charge in [-0.05, 0) is 32.6 Å². The Morgan fingerprint density at radius 1 is 1.21 bits per heavy atom. The van der Waals surface area contributed by atoms with Gasteiger partial charge in [-0.15, -0.1) is 0 Å². The number of hydrogen-bond donors (Lipinski definition) is 1. The molecule has 2 heterocycles. The molecule has 2 amide bonds. The maximum Gasteiger partial charge on any atom is 0.257 e. The third-order valence-corrected chi connectivity index (χ3v) is 4.93. The number of ether oxygens (including phenoxy) is 1. The average molecular weight is 404 g/mol. The summed E-state index contributed by atoms with van der Waals surface area (Å²) < 4.78 is 33.6. The van der Waals surface area contributed by atoms with Crippen molar-refractivity contribution in [3.05, 3.63) is 53.4 Å². The number of nitrogens with one attached hydrogen (secondary N) is 1. The van der Waals surface area contributed by atoms with E-state index in [1.807, 2.05) is 19.0 Å². The van der Waals surface area contributed by atoms with Gasteiger partial charge in [-0.1, -0.05) is 0 Å². The van der Waals surface area contributed by atoms with Gasteiger partial charge in [0.25, 0.3) is 11.8 Å². The van der Waals surface area contributed by atoms with Crippen LogP contribution in [0.2, 0.25) is 0 Å². The monoisotopic (exact) mass is 404 g/mol. The van der Waals surface area contributed by atoms with Crippen molar-refractivity contribution in [2.45, 2.75) is 12.5 Å². The number of likely N-dealkylation sites (N-methyl/N-ethyl adjacent to an activating group) is 1. The van der Waals surface area contributed by atoms with Gasteiger partial charge < -0.3 is 19.9 Å². The van der Waals surface area contributed by atoms with E-state index in [0.29, 0.717) is 24.9 Å². The fraction of sp³-hybridized carbons (Fsp3) is 0.350. The molecule has 29 heavy (non-hydrogen) atoms. The van der Waals surface area contributed by atoms with Crippen LogP contribution >= 0.6 is 0 Å². The van der Waals surface area contributed by atoms with Gasteiger partial charge in [0, 0.05) is 31.4 Å². The quantitative estimate of drug-likeness (QED) is 0.828. The summed E-state index contributed by atoms with van der Waals surface area (Å²) in [5.74, 6) is -2.78. The molecule has 0 radical (unpaired) electrons. The number of nitrogens with zero attached hydrogens (tertiary/aromatic N) is 3. The highest BCUT2D eigenvalue weighted by Crippen LogP contribution is 2.24. The summed E-state index contributed by atoms with van der Waals surface area (Å²) in [7, 11) is 5.26. The summed E-state index contributed by atoms with van der Waals surface area (Å²) in [5.41, 5.74) is -0.440. The average Bonchev–Trinajstić information content (AvgIpc) is 3.20. The molecule has 1 unspecified atom stereocenters. The van der Waals surface area contributed by atoms with Crippen LogP contribution in [-0.4, -0.2) is 66.9 Å². The van der Waals surface area contributed by atoms with Crippen LogP contribution in [0.5, 0.6) is 5.75 Å². The number of carbonyl (C=O) groups is 2. The van der Waals surface area contributed by atoms with Crippen molar-refractivity contribution in [2.24, 2.45) is 0 Å². The lowest BCUT2D eigenvalue weighted by atomic mass is 10.1. The molecule has 1 aromatic heterocycles. The molecule has 0 spiro atoms. The van der Waals surface area contributed by atoms with Gasteiger partial charge in [-0.2, -0.15) is 0 Å². The SMILES string of the molecule is COc1cncc(C(=O)Nc2cc(C(=O)N3CCC(N(C)C)C3)c(F)cc2F)c1. The molecule has 3 rings (SSSR count). The number of hydrogen-bond acceptors (Lipinski definition) is 5. The number of rotatable bonds is 5. The summed E-state index contributed by atoms with van der Waals surface area (Å²) in [6.45, 7) is 0.940. The Labute approximate surface area is 167 Å². The lowest BCUT2D eigenvalue weighted by Gasteiger charge is -2.21. The lowest BCUT2D eigenvalue weighted by Crippen LogP contribution is -2.35. The van der Waals surface area contributed by atoms with Crippen molar-refractivity contribution in [3.63, 3.8) is 0 Å². The Kier molecular flexibility index (Phi) is 6.07. The maximum atomic E-state index is 14.3. The largest absolute Gasteiger partial charge is 0.495 e. The number of carbonyl (C=O) groups excluding carboxylic acids is 2. The highest BCUT2D eigenvalue weighted by Gasteiger charge is 2.30. The first kappa shape index (κ1) is 20.7. The number of anilines is 1. The fourth-order valence-corrected chi connectivity index (χ4v) is 3.18. The Morgan fingerprint density at radius 2 is 1.97 bits per heavy atom. The Morgan fingerprint density at radius 3 is 2.62 bits per heavy atom. The normalized spacial score (nSPS) is 16.2. The van der Waals surface area contributed by atoms with Gasteiger partial charge in [-0.3, -0.25) is 14.6 Å². The highest BCUT2D eigenvalue weighted by molar-refractivity contribution is 6.05. The summed E-state index contributed by atoms with van der Waals surface area (Å²) in [6, 6.07) is 3.25. The molecule has 154 valence electrons. The van der Waals surface area contributed by atoms with Crippen molar-refractivity contribution in [2.75, 3.05) is 39.6 Å². The zero-order chi connectivity index (χ0) is 21.1. The topological polar surface area (TPSA) is 74.8 Å². The van der Waals surface area contributed by atoms with E-state index >= 15 is 0 Å². The number of halogens is 2. The van der Waals surface area contributed by atoms with Gasteiger partial charge in [0.05, 0.1) is 30.1 Å². The molecule has 1 aromatic carbocycles. The summed E-state index contributed by atoms with van der Waals surface area (Å²) in [4.78, 5) is 32.5. The van der Waals surface area contributed by atoms with Crippen molar-refractivity contribution in [1.82, 2.24) is 14.8 Å². The zero-order valence-electron chi connectivity index (χ0n) is 16.4. The minimum atomic E-state index is -0.976. The first-order valence-corrected chi connectivity index (χ1v) is 9.05. The third-order valence-electron chi connectivity index (χ3n) is 4.93. The number of methoxy groups -OCH3 is 1. The smallest absolute Gasteiger partial charge is 0.257 e. The number of likely N-dealkylation sites (tertiary alicyclic amines) is 1. The Hall–Kier alpha value is -3.07. The summed E-state index contributed by atoms with van der Waals surface area (Å²) in [6.07, 6.45) is 3.48. The molecule has 2 aromatic rings. The molecule has 1 saturated heterocycles. The fourth-order valence-electron chi connectivity index (χ4n) is 3.18. The standard InChI is InChI=1S/C20H22F2N4O3/c1-25(2)13-4-5-26(11-13)20(28)15-7-18(17(22)8-16(15)21)24-19(27)12-6-14(29-3)10-23-9-12/h6-10,13H,4-5,11H2,1-3H3,(H,24,27). The van der Waals surface area contributed by atoms with E-state index < -0.39 is 23.4 Å². The predicted molar refractivity (Wildman–Crippen MR) is 103 cm³/mol. The maximum absolute atomic E-state index is 14.3. The number of benzene rings is 1. The molecular formula is C20H22F2N4O3. The molecule has 7 nitrogen and oxygen atoms in total. The number of pyridine rings is 1. The summed E-state index contributed by atoms with van der Waals surface area (Å²) >= 11 is 0. The summed E-state index contributed by atoms with van der Waals surface area (Å²) in [5, 5.41) is 2.36. The van der Waals surface area contributed by atoms with E-state index in [9.17, 15) is 18.4 Å². The van der Waals surface area contributed by atoms with Gasteiger partial charge in [0.1, 0.15) is 17.4 Å². The number of amides is 2. The molecule has 1 N–H and O–H groups in total. The second-order valence-corrected chi connectivity index (χ2v) is 7.04. The second kappa shape index (κ2) is 8.52. The van der Waals surface area contributed by atoms with E-state index in [1.165, 1.54) is 30.5 Å². The minimum Gasteiger partial charge on any atom is -0.495 e. The van der Waals surface area contributed by atoms with E-state index in [1.54, 1.807) is 0 Å². The van der Waals surface area contributed by atoms with Crippen LogP contribution in [-0.2, 0) is 0 Å². The van der Waals surface area contributed by atoms with Gasteiger partial charge in [0.15, 0.2) is 0 Å². The van der Waals surface area contributed by atoms with Crippen LogP contribution in [0.4, 0.5) is 14.5 Å². The second-order valence-electron chi connectivity index (χ2n) is 7.04. The number of aromatic nitrogens is 1. The molecule has 0 bridgehead atoms. The van der Waals surface area contributed by atoms with E-state index in [4.69, 9.17) is 4.74 Å². The van der Waals surface area contributed by atoms with Crippen LogP contribution in [0.15, 0.2) is 30.6 Å². The van der Waals surface area contributed by atoms with Crippen LogP contribution in [0.1, 0.15) is 27.1 Å². The zero-order valence-corrected chi connectivity index (χ0v) is 16.4. The third kappa shape index (κ3) is 4.51. The van der Waals surface area contributed by atoms with Gasteiger partial charge >= 0.3 is 0 Å². The van der Waals surface area contributed by atoms with Crippen LogP contribution in [0.25, 0.3) is 0 Å². The van der Waals surface area contributed by atoms with Crippen LogP contribution in [0, 0.1) is 11.6 Å².